The molecule has 1 amide bonds. The van der Waals surface area contributed by atoms with E-state index in [9.17, 15) is 28.6 Å². The molecule has 0 aliphatic heterocycles. The normalized spacial score (nSPS) is 25.9. The number of amides is 1. The molecule has 8 heteroatoms. The Hall–Kier alpha value is -3.10. The lowest BCUT2D eigenvalue weighted by Crippen LogP contribution is -2.54. The van der Waals surface area contributed by atoms with Gasteiger partial charge in [0.25, 0.3) is 0 Å². The molecular weight excluding hydrogens is 552 g/mol. The van der Waals surface area contributed by atoms with Crippen LogP contribution in [0.4, 0.5) is 13.6 Å². The molecule has 0 radical (unpaired) electrons. The van der Waals surface area contributed by atoms with E-state index in [2.05, 4.69) is 13.0 Å². The number of allylic oxidation sites excluding steroid dienone is 2. The summed E-state index contributed by atoms with van der Waals surface area (Å²) in [6, 6.07) is 8.72. The predicted molar refractivity (Wildman–Crippen MR) is 162 cm³/mol. The SMILES string of the molecule is CCCN(C[C@]1(O)CC[C@H]2c3ccc(cc3C(=O)c3ccc(F)c(F)c3)C[C@@H](O)CCC(C)=CCC[C@@]21C)C(=O)OCC. The van der Waals surface area contributed by atoms with Crippen LogP contribution in [-0.2, 0) is 11.2 Å². The summed E-state index contributed by atoms with van der Waals surface area (Å²) >= 11 is 0. The third-order valence-corrected chi connectivity index (χ3v) is 9.57. The van der Waals surface area contributed by atoms with Gasteiger partial charge in [-0.15, -0.1) is 0 Å². The predicted octanol–water partition coefficient (Wildman–Crippen LogP) is 7.10. The number of aliphatic hydroxyl groups is 2. The third kappa shape index (κ3) is 7.01. The topological polar surface area (TPSA) is 87.1 Å². The smallest absolute Gasteiger partial charge is 0.409 e. The van der Waals surface area contributed by atoms with Gasteiger partial charge in [-0.1, -0.05) is 37.6 Å². The van der Waals surface area contributed by atoms with Crippen molar-refractivity contribution in [1.29, 1.82) is 0 Å². The van der Waals surface area contributed by atoms with Gasteiger partial charge in [-0.05, 0) is 107 Å². The molecule has 2 aromatic rings. The number of carbonyl (C=O) groups is 2. The van der Waals surface area contributed by atoms with Gasteiger partial charge in [-0.2, -0.15) is 0 Å². The van der Waals surface area contributed by atoms with E-state index in [0.717, 1.165) is 29.7 Å². The fourth-order valence-electron chi connectivity index (χ4n) is 7.02. The molecule has 0 heterocycles. The maximum atomic E-state index is 14.2. The third-order valence-electron chi connectivity index (χ3n) is 9.57. The van der Waals surface area contributed by atoms with Crippen molar-refractivity contribution in [3.05, 3.63) is 81.9 Å². The van der Waals surface area contributed by atoms with Gasteiger partial charge in [-0.25, -0.2) is 13.6 Å². The summed E-state index contributed by atoms with van der Waals surface area (Å²) in [6.07, 6.45) is 5.68. The first-order valence-corrected chi connectivity index (χ1v) is 15.5. The quantitative estimate of drug-likeness (QED) is 0.263. The van der Waals surface area contributed by atoms with Crippen LogP contribution in [-0.4, -0.2) is 58.4 Å². The fourth-order valence-corrected chi connectivity index (χ4v) is 7.02. The summed E-state index contributed by atoms with van der Waals surface area (Å²) < 4.78 is 33.3. The van der Waals surface area contributed by atoms with Gasteiger partial charge >= 0.3 is 6.09 Å². The molecule has 5 rings (SSSR count). The molecule has 3 aliphatic rings. The Bertz CT molecular complexity index is 1360. The summed E-state index contributed by atoms with van der Waals surface area (Å²) in [5.41, 5.74) is 1.04. The van der Waals surface area contributed by atoms with Crippen LogP contribution < -0.4 is 0 Å². The molecule has 2 aromatic carbocycles. The molecule has 0 spiro atoms. The minimum Gasteiger partial charge on any atom is -0.450 e. The number of hydrogen-bond donors (Lipinski definition) is 2. The Morgan fingerprint density at radius 3 is 2.53 bits per heavy atom. The zero-order valence-electron chi connectivity index (χ0n) is 25.8. The van der Waals surface area contributed by atoms with E-state index in [1.54, 1.807) is 17.9 Å². The minimum absolute atomic E-state index is 0.0314. The van der Waals surface area contributed by atoms with Crippen LogP contribution in [0.15, 0.2) is 48.0 Å². The molecule has 0 unspecified atom stereocenters. The van der Waals surface area contributed by atoms with Crippen molar-refractivity contribution in [1.82, 2.24) is 4.90 Å². The lowest BCUT2D eigenvalue weighted by atomic mass is 9.64. The van der Waals surface area contributed by atoms with Gasteiger partial charge in [0.1, 0.15) is 0 Å². The summed E-state index contributed by atoms with van der Waals surface area (Å²) in [5.74, 6) is -2.83. The first kappa shape index (κ1) is 32.8. The second-order valence-corrected chi connectivity index (χ2v) is 12.5. The van der Waals surface area contributed by atoms with E-state index in [0.29, 0.717) is 57.1 Å². The highest BCUT2D eigenvalue weighted by Gasteiger charge is 2.57. The second-order valence-electron chi connectivity index (χ2n) is 12.5. The average Bonchev–Trinajstić information content (AvgIpc) is 3.22. The zero-order chi connectivity index (χ0) is 31.4. The van der Waals surface area contributed by atoms with E-state index >= 15 is 0 Å². The summed E-state index contributed by atoms with van der Waals surface area (Å²) in [4.78, 5) is 28.4. The first-order valence-electron chi connectivity index (χ1n) is 15.5. The Labute approximate surface area is 253 Å². The fraction of sp³-hybridized carbons (Fsp3) is 0.543. The molecular formula is C35H45F2NO5. The summed E-state index contributed by atoms with van der Waals surface area (Å²) in [7, 11) is 0. The van der Waals surface area contributed by atoms with Crippen LogP contribution in [0.2, 0.25) is 0 Å². The number of aliphatic hydroxyl groups excluding tert-OH is 1. The van der Waals surface area contributed by atoms with Gasteiger partial charge in [0.15, 0.2) is 17.4 Å². The molecule has 43 heavy (non-hydrogen) atoms. The van der Waals surface area contributed by atoms with Crippen molar-refractivity contribution in [3.63, 3.8) is 0 Å². The van der Waals surface area contributed by atoms with Crippen molar-refractivity contribution >= 4 is 11.9 Å². The molecule has 0 aromatic heterocycles. The largest absolute Gasteiger partial charge is 0.450 e. The number of benzene rings is 2. The summed E-state index contributed by atoms with van der Waals surface area (Å²) in [5, 5.41) is 23.2. The number of fused-ring (bicyclic) bond motifs is 8. The molecule has 234 valence electrons. The monoisotopic (exact) mass is 597 g/mol. The van der Waals surface area contributed by atoms with Crippen LogP contribution >= 0.6 is 0 Å². The standard InChI is InChI=1S/C35H45F2NO5/c1-5-18-38(33(41)43-6-2)22-35(42)17-15-29-27-13-10-24(19-26(39)12-9-23(3)8-7-16-34(29,35)4)20-28(27)32(40)25-11-14-30(36)31(37)21-25/h8,10-11,13-14,20-21,26,29,39,42H,5-7,9,12,15-19,22H2,1-4H3/t26-,29-,34-,35+/m0/s1. The second kappa shape index (κ2) is 13.7. The molecule has 2 bridgehead atoms. The highest BCUT2D eigenvalue weighted by molar-refractivity contribution is 6.10. The highest BCUT2D eigenvalue weighted by atomic mass is 19.2. The van der Waals surface area contributed by atoms with Gasteiger partial charge < -0.3 is 19.8 Å². The van der Waals surface area contributed by atoms with Gasteiger partial charge in [0.2, 0.25) is 0 Å². The van der Waals surface area contributed by atoms with E-state index in [4.69, 9.17) is 4.74 Å². The summed E-state index contributed by atoms with van der Waals surface area (Å²) in [6.45, 7) is 8.60. The maximum Gasteiger partial charge on any atom is 0.409 e. The van der Waals surface area contributed by atoms with Crippen LogP contribution in [0.3, 0.4) is 0 Å². The molecule has 3 aliphatic carbocycles. The van der Waals surface area contributed by atoms with Crippen LogP contribution in [0.5, 0.6) is 0 Å². The van der Waals surface area contributed by atoms with Gasteiger partial charge in [0.05, 0.1) is 24.9 Å². The number of ether oxygens (including phenoxy) is 1. The van der Waals surface area contributed by atoms with Crippen molar-refractivity contribution < 1.29 is 33.3 Å². The van der Waals surface area contributed by atoms with Crippen molar-refractivity contribution in [2.75, 3.05) is 19.7 Å². The van der Waals surface area contributed by atoms with Crippen LogP contribution in [0.25, 0.3) is 0 Å². The maximum absolute atomic E-state index is 14.2. The number of nitrogens with zero attached hydrogens (tertiary/aromatic N) is 1. The van der Waals surface area contributed by atoms with Crippen molar-refractivity contribution in [3.8, 4) is 0 Å². The van der Waals surface area contributed by atoms with E-state index < -0.39 is 40.6 Å². The Morgan fingerprint density at radius 1 is 1.07 bits per heavy atom. The molecule has 1 saturated carbocycles. The number of carbonyl (C=O) groups excluding carboxylic acids is 2. The van der Waals surface area contributed by atoms with E-state index in [1.807, 2.05) is 26.0 Å². The Morgan fingerprint density at radius 2 is 1.84 bits per heavy atom. The molecule has 2 N–H and O–H groups in total. The molecule has 6 nitrogen and oxygen atoms in total. The zero-order valence-corrected chi connectivity index (χ0v) is 25.8. The van der Waals surface area contributed by atoms with Crippen LogP contribution in [0.1, 0.15) is 106 Å². The van der Waals surface area contributed by atoms with Crippen LogP contribution in [0, 0.1) is 17.0 Å². The number of halogens is 2. The lowest BCUT2D eigenvalue weighted by Gasteiger charge is -2.46. The lowest BCUT2D eigenvalue weighted by molar-refractivity contribution is -0.0809. The molecule has 4 atom stereocenters. The number of rotatable bonds is 7. The van der Waals surface area contributed by atoms with E-state index in [1.165, 1.54) is 11.6 Å². The number of ketones is 1. The Balaban J connectivity index is 1.84. The van der Waals surface area contributed by atoms with E-state index in [-0.39, 0.29) is 24.6 Å². The van der Waals surface area contributed by atoms with Crippen molar-refractivity contribution in [2.24, 2.45) is 5.41 Å². The minimum atomic E-state index is -1.27. The molecule has 0 saturated heterocycles. The Kier molecular flexibility index (Phi) is 10.4. The first-order chi connectivity index (χ1) is 20.4. The highest BCUT2D eigenvalue weighted by Crippen LogP contribution is 2.59. The molecule has 1 fully saturated rings. The van der Waals surface area contributed by atoms with Gasteiger partial charge in [-0.3, -0.25) is 4.79 Å². The number of hydrogen-bond acceptors (Lipinski definition) is 5. The average molecular weight is 598 g/mol. The van der Waals surface area contributed by atoms with Gasteiger partial charge in [0, 0.05) is 23.1 Å². The van der Waals surface area contributed by atoms with Crippen molar-refractivity contribution in [2.45, 2.75) is 96.7 Å².